The Hall–Kier alpha value is -2.49. The van der Waals surface area contributed by atoms with E-state index in [-0.39, 0.29) is 17.2 Å². The molecule has 1 aromatic rings. The third-order valence-corrected chi connectivity index (χ3v) is 4.29. The van der Waals surface area contributed by atoms with Crippen molar-refractivity contribution in [2.45, 2.75) is 30.6 Å². The van der Waals surface area contributed by atoms with Gasteiger partial charge in [-0.25, -0.2) is 19.0 Å². The van der Waals surface area contributed by atoms with Gasteiger partial charge in [-0.15, -0.1) is 0 Å². The molecule has 2 amide bonds. The first-order valence-electron chi connectivity index (χ1n) is 8.01. The molecule has 0 saturated heterocycles. The van der Waals surface area contributed by atoms with Gasteiger partial charge >= 0.3 is 0 Å². The molecule has 26 heavy (non-hydrogen) atoms. The first-order valence-corrected chi connectivity index (χ1v) is 9.56. The highest BCUT2D eigenvalue weighted by Gasteiger charge is 2.05. The Kier molecular flexibility index (Phi) is 9.27. The van der Waals surface area contributed by atoms with Crippen molar-refractivity contribution in [1.29, 1.82) is 0 Å². The lowest BCUT2D eigenvalue weighted by Gasteiger charge is -2.02. The van der Waals surface area contributed by atoms with E-state index in [1.807, 2.05) is 0 Å². The predicted octanol–water partition coefficient (Wildman–Crippen LogP) is 1.09. The van der Waals surface area contributed by atoms with Crippen molar-refractivity contribution < 1.29 is 23.2 Å². The average Bonchev–Trinajstić information content (AvgIpc) is 2.61. The maximum Gasteiger partial charge on any atom is 0.243 e. The Morgan fingerprint density at radius 1 is 1.08 bits per heavy atom. The van der Waals surface area contributed by atoms with Crippen molar-refractivity contribution in [2.75, 3.05) is 6.54 Å². The van der Waals surface area contributed by atoms with Crippen LogP contribution in [0.1, 0.15) is 31.2 Å². The van der Waals surface area contributed by atoms with Crippen LogP contribution in [0.5, 0.6) is 0 Å². The average molecular weight is 381 g/mol. The molecular formula is C17H23N3O5S. The van der Waals surface area contributed by atoms with E-state index >= 15 is 0 Å². The molecule has 142 valence electrons. The summed E-state index contributed by atoms with van der Waals surface area (Å²) < 4.78 is 22.3. The lowest BCUT2D eigenvalue weighted by molar-refractivity contribution is -0.129. The van der Waals surface area contributed by atoms with Gasteiger partial charge in [-0.1, -0.05) is 36.8 Å². The van der Waals surface area contributed by atoms with E-state index in [9.17, 15) is 18.0 Å². The van der Waals surface area contributed by atoms with Crippen LogP contribution in [0.3, 0.4) is 0 Å². The number of sulfonamides is 1. The fourth-order valence-electron chi connectivity index (χ4n) is 1.99. The second-order valence-corrected chi connectivity index (χ2v) is 7.03. The van der Waals surface area contributed by atoms with Gasteiger partial charge in [0.25, 0.3) is 0 Å². The maximum absolute atomic E-state index is 11.6. The molecule has 0 aliphatic carbocycles. The largest absolute Gasteiger partial charge is 0.353 e. The Bertz CT molecular complexity index is 755. The van der Waals surface area contributed by atoms with Gasteiger partial charge < -0.3 is 5.32 Å². The van der Waals surface area contributed by atoms with Crippen LogP contribution in [0.2, 0.25) is 0 Å². The molecule has 0 unspecified atom stereocenters. The van der Waals surface area contributed by atoms with Gasteiger partial charge in [0.05, 0.1) is 4.90 Å². The first kappa shape index (κ1) is 21.6. The second kappa shape index (κ2) is 11.2. The molecule has 0 spiro atoms. The van der Waals surface area contributed by atoms with E-state index in [4.69, 9.17) is 10.3 Å². The summed E-state index contributed by atoms with van der Waals surface area (Å²) >= 11 is 0. The van der Waals surface area contributed by atoms with Gasteiger partial charge in [-0.2, -0.15) is 0 Å². The molecule has 1 rings (SSSR count). The fraction of sp³-hybridized carbons (Fsp3) is 0.294. The summed E-state index contributed by atoms with van der Waals surface area (Å²) in [4.78, 5) is 22.4. The van der Waals surface area contributed by atoms with Gasteiger partial charge in [0.2, 0.25) is 21.8 Å². The quantitative estimate of drug-likeness (QED) is 0.158. The summed E-state index contributed by atoms with van der Waals surface area (Å²) in [6.07, 6.45) is 8.76. The summed E-state index contributed by atoms with van der Waals surface area (Å²) in [5, 5.41) is 16.1. The lowest BCUT2D eigenvalue weighted by atomic mass is 10.2. The molecule has 0 aliphatic heterocycles. The van der Waals surface area contributed by atoms with Crippen molar-refractivity contribution in [2.24, 2.45) is 5.14 Å². The van der Waals surface area contributed by atoms with E-state index in [1.165, 1.54) is 18.2 Å². The molecule has 0 aliphatic rings. The van der Waals surface area contributed by atoms with Crippen LogP contribution in [-0.2, 0) is 19.6 Å². The van der Waals surface area contributed by atoms with Crippen LogP contribution in [-0.4, -0.2) is 32.0 Å². The SMILES string of the molecule is NS(=O)(=O)c1ccc(C=CC=CC(=O)NCCCCCC(=O)NO)cc1. The number of unbranched alkanes of at least 4 members (excludes halogenated alkanes) is 2. The summed E-state index contributed by atoms with van der Waals surface area (Å²) in [5.74, 6) is -0.643. The van der Waals surface area contributed by atoms with Crippen LogP contribution in [0, 0.1) is 0 Å². The third-order valence-electron chi connectivity index (χ3n) is 3.36. The number of allylic oxidation sites excluding steroid dienone is 2. The zero-order valence-electron chi connectivity index (χ0n) is 14.2. The molecule has 0 heterocycles. The Labute approximate surface area is 152 Å². The number of hydrogen-bond donors (Lipinski definition) is 4. The van der Waals surface area contributed by atoms with Crippen molar-refractivity contribution in [3.63, 3.8) is 0 Å². The van der Waals surface area contributed by atoms with Gasteiger partial charge in [0.15, 0.2) is 0 Å². The monoisotopic (exact) mass is 381 g/mol. The topological polar surface area (TPSA) is 139 Å². The van der Waals surface area contributed by atoms with Crippen molar-refractivity contribution in [3.05, 3.63) is 48.1 Å². The minimum atomic E-state index is -3.70. The number of rotatable bonds is 10. The van der Waals surface area contributed by atoms with Crippen molar-refractivity contribution in [1.82, 2.24) is 10.8 Å². The minimum absolute atomic E-state index is 0.0431. The van der Waals surface area contributed by atoms with Gasteiger partial charge in [0.1, 0.15) is 0 Å². The molecule has 5 N–H and O–H groups in total. The first-order chi connectivity index (χ1) is 12.3. The third kappa shape index (κ3) is 9.11. The van der Waals surface area contributed by atoms with Gasteiger partial charge in [0, 0.05) is 19.0 Å². The number of amides is 2. The van der Waals surface area contributed by atoms with E-state index in [0.717, 1.165) is 18.4 Å². The summed E-state index contributed by atoms with van der Waals surface area (Å²) in [6.45, 7) is 0.503. The van der Waals surface area contributed by atoms with E-state index in [0.29, 0.717) is 13.0 Å². The van der Waals surface area contributed by atoms with Crippen molar-refractivity contribution in [3.8, 4) is 0 Å². The number of hydroxylamine groups is 1. The number of carbonyl (C=O) groups excluding carboxylic acids is 2. The van der Waals surface area contributed by atoms with Crippen LogP contribution in [0.15, 0.2) is 47.4 Å². The molecule has 0 saturated carbocycles. The molecule has 0 bridgehead atoms. The van der Waals surface area contributed by atoms with Crippen LogP contribution in [0.25, 0.3) is 6.08 Å². The number of benzene rings is 1. The number of carbonyl (C=O) groups is 2. The molecule has 0 fully saturated rings. The van der Waals surface area contributed by atoms with Gasteiger partial charge in [-0.05, 0) is 30.5 Å². The highest BCUT2D eigenvalue weighted by atomic mass is 32.2. The fourth-order valence-corrected chi connectivity index (χ4v) is 2.51. The normalized spacial score (nSPS) is 11.8. The summed E-state index contributed by atoms with van der Waals surface area (Å²) in [5.41, 5.74) is 2.34. The molecule has 9 heteroatoms. The van der Waals surface area contributed by atoms with Crippen LogP contribution >= 0.6 is 0 Å². The number of primary sulfonamides is 1. The highest BCUT2D eigenvalue weighted by molar-refractivity contribution is 7.89. The Morgan fingerprint density at radius 2 is 1.77 bits per heavy atom. The van der Waals surface area contributed by atoms with Crippen LogP contribution < -0.4 is 15.9 Å². The molecule has 1 aromatic carbocycles. The van der Waals surface area contributed by atoms with Crippen LogP contribution in [0.4, 0.5) is 0 Å². The molecule has 8 nitrogen and oxygen atoms in total. The zero-order valence-corrected chi connectivity index (χ0v) is 15.0. The standard InChI is InChI=1S/C17H23N3O5S/c18-26(24,25)15-11-9-14(10-12-15)6-3-4-7-16(21)19-13-5-1-2-8-17(22)20-23/h3-4,6-7,9-12,23H,1-2,5,8,13H2,(H,19,21)(H,20,22)(H2,18,24,25). The summed E-state index contributed by atoms with van der Waals surface area (Å²) in [6, 6.07) is 6.05. The van der Waals surface area contributed by atoms with E-state index in [1.54, 1.807) is 35.8 Å². The number of nitrogens with one attached hydrogen (secondary N) is 2. The molecule has 0 radical (unpaired) electrons. The Morgan fingerprint density at radius 3 is 2.38 bits per heavy atom. The summed E-state index contributed by atoms with van der Waals surface area (Å²) in [7, 11) is -3.70. The van der Waals surface area contributed by atoms with E-state index < -0.39 is 15.9 Å². The van der Waals surface area contributed by atoms with E-state index in [2.05, 4.69) is 5.32 Å². The Balaban J connectivity index is 2.27. The number of nitrogens with two attached hydrogens (primary N) is 1. The minimum Gasteiger partial charge on any atom is -0.353 e. The number of hydrogen-bond acceptors (Lipinski definition) is 5. The molecule has 0 aromatic heterocycles. The molecular weight excluding hydrogens is 358 g/mol. The smallest absolute Gasteiger partial charge is 0.243 e. The lowest BCUT2D eigenvalue weighted by Crippen LogP contribution is -2.22. The maximum atomic E-state index is 11.6. The van der Waals surface area contributed by atoms with Gasteiger partial charge in [-0.3, -0.25) is 14.8 Å². The highest BCUT2D eigenvalue weighted by Crippen LogP contribution is 2.09. The second-order valence-electron chi connectivity index (χ2n) is 5.47. The predicted molar refractivity (Wildman–Crippen MR) is 97.4 cm³/mol. The zero-order chi connectivity index (χ0) is 19.4. The molecule has 0 atom stereocenters. The van der Waals surface area contributed by atoms with Crippen molar-refractivity contribution >= 4 is 27.9 Å².